The number of esters is 1. The second kappa shape index (κ2) is 28.4. The molecule has 20 N–H and O–H groups in total. The highest BCUT2D eigenvalue weighted by Crippen LogP contribution is 2.76. The van der Waals surface area contributed by atoms with Crippen LogP contribution in [0.15, 0.2) is 11.6 Å². The van der Waals surface area contributed by atoms with Crippen molar-refractivity contribution >= 4 is 11.9 Å². The van der Waals surface area contributed by atoms with Crippen molar-refractivity contribution in [3.8, 4) is 0 Å². The molecular formula is C64H102O34. The zero-order valence-electron chi connectivity index (χ0n) is 55.4. The minimum Gasteiger partial charge on any atom is -0.481 e. The fraction of sp³-hybridized carbons (Fsp3) is 0.938. The maximum absolute atomic E-state index is 15.6. The maximum Gasteiger partial charge on any atom is 0.315 e. The molecule has 98 heavy (non-hydrogen) atoms. The SMILES string of the molecule is C[C@@H]1O[C@@H](O[C@H]2[C@H](OC(=O)[C@]34CCC(C)(C)C[C@H]3C3=CC[C@@H]5[C@@]6(C)C[C@H](O)[C@H](O[C@@H]7O[C@H](CO)[C@@H](O)[C@H](O)[C@H]7O)[C@@](C)(C(=O)O)[C@@H]6CC[C@@]5(C)[C@]3(CO)CC4)O[C@H](CO)[C@@H](O)[C@@H]2O)[C@H](O)[C@H](O)[C@H]1O[C@@H]1OC[C@@H](O[C@@H]2OC[C@@](O)(CO[C@@H]3O[C@H](CO)[C@H](O)[C@H](O)[C@H]3O)[C@H]2O)[C@H](O)[C@H]1O. The van der Waals surface area contributed by atoms with Crippen molar-refractivity contribution < 1.29 is 169 Å². The number of rotatable bonds is 18. The first-order chi connectivity index (χ1) is 46.0. The molecule has 0 bridgehead atoms. The summed E-state index contributed by atoms with van der Waals surface area (Å²) in [6, 6.07) is 0. The van der Waals surface area contributed by atoms with E-state index in [4.69, 9.17) is 56.8 Å². The summed E-state index contributed by atoms with van der Waals surface area (Å²) in [6.07, 6.45) is -43.9. The number of carbonyl (C=O) groups excluding carboxylic acids is 1. The molecule has 0 spiro atoms. The molecule has 0 unspecified atom stereocenters. The van der Waals surface area contributed by atoms with Gasteiger partial charge in [0.2, 0.25) is 6.29 Å². The molecule has 5 aliphatic carbocycles. The number of carbonyl (C=O) groups is 2. The summed E-state index contributed by atoms with van der Waals surface area (Å²) in [5.74, 6) is -3.78. The molecule has 562 valence electrons. The van der Waals surface area contributed by atoms with Gasteiger partial charge in [-0.2, -0.15) is 0 Å². The molecule has 34 heteroatoms. The number of carboxylic acid groups (broad SMARTS) is 1. The predicted molar refractivity (Wildman–Crippen MR) is 319 cm³/mol. The van der Waals surface area contributed by atoms with Crippen molar-refractivity contribution in [2.24, 2.45) is 50.2 Å². The van der Waals surface area contributed by atoms with Gasteiger partial charge in [-0.15, -0.1) is 0 Å². The molecule has 11 rings (SSSR count). The molecule has 0 aromatic heterocycles. The van der Waals surface area contributed by atoms with Crippen molar-refractivity contribution in [1.29, 1.82) is 0 Å². The van der Waals surface area contributed by atoms with E-state index in [2.05, 4.69) is 20.8 Å². The predicted octanol–water partition coefficient (Wildman–Crippen LogP) is -7.07. The number of carboxylic acids is 1. The zero-order chi connectivity index (χ0) is 71.6. The molecule has 6 aliphatic heterocycles. The summed E-state index contributed by atoms with van der Waals surface area (Å²) in [7, 11) is 0. The lowest BCUT2D eigenvalue weighted by Crippen LogP contribution is -2.71. The second-order valence-corrected chi connectivity index (χ2v) is 31.0. The highest BCUT2D eigenvalue weighted by molar-refractivity contribution is 5.79. The fourth-order valence-electron chi connectivity index (χ4n) is 19.0. The number of aliphatic hydroxyl groups excluding tert-OH is 18. The van der Waals surface area contributed by atoms with Gasteiger partial charge in [0.15, 0.2) is 37.6 Å². The first-order valence-electron chi connectivity index (χ1n) is 33.9. The first-order valence-corrected chi connectivity index (χ1v) is 33.9. The van der Waals surface area contributed by atoms with Crippen molar-refractivity contribution in [3.05, 3.63) is 11.6 Å². The van der Waals surface area contributed by atoms with Crippen LogP contribution >= 0.6 is 0 Å². The van der Waals surface area contributed by atoms with Gasteiger partial charge in [0.25, 0.3) is 0 Å². The Balaban J connectivity index is 0.763. The van der Waals surface area contributed by atoms with E-state index in [1.54, 1.807) is 0 Å². The maximum atomic E-state index is 15.6. The zero-order valence-corrected chi connectivity index (χ0v) is 55.4. The number of ether oxygens (including phenoxy) is 12. The molecule has 0 aromatic carbocycles. The molecule has 10 fully saturated rings. The lowest BCUT2D eigenvalue weighted by molar-refractivity contribution is -0.376. The standard InChI is InChI=1S/C64H102O34/c1-24-46(95-50-42(78)37(73)31(20-87-50)94-55-48(82)64(86,23-89-55)22-88-51-43(79)38(74)34(70)28(17-65)91-51)41(77)45(81)52(90-24)96-47-40(76)36(72)30(19-67)93-54(47)98-57(85)62-12-11-58(2,3)15-26(62)25-7-8-32-59(4)16-27(69)49(97-53-44(80)39(75)35(71)29(18-66)92-53)61(6,56(83)84)33(59)9-10-60(32,5)63(25,21-68)14-13-62/h7,24,26-55,65-82,86H,8-23H2,1-6H3,(H,83,84)/t24-,26-,27-,28+,29+,30+,31+,32+,33+,34-,35+,36+,37-,38-,39-,40-,41-,42+,43+,44+,45+,46-,47+,48-,49-,50-,51+,52-,53-,54-,55-,59+,60+,61-,62-,63-,64-/m0/s1. The summed E-state index contributed by atoms with van der Waals surface area (Å²) in [6.45, 7) is 6.21. The Bertz CT molecular complexity index is 2820. The lowest BCUT2D eigenvalue weighted by atomic mass is 9.33. The molecule has 4 saturated carbocycles. The third-order valence-electron chi connectivity index (χ3n) is 25.0. The van der Waals surface area contributed by atoms with E-state index in [1.807, 2.05) is 13.0 Å². The first kappa shape index (κ1) is 76.6. The summed E-state index contributed by atoms with van der Waals surface area (Å²) < 4.78 is 69.8. The lowest BCUT2D eigenvalue weighted by Gasteiger charge is -2.71. The summed E-state index contributed by atoms with van der Waals surface area (Å²) in [5.41, 5.74) is -7.77. The van der Waals surface area contributed by atoms with Crippen LogP contribution in [0.3, 0.4) is 0 Å². The summed E-state index contributed by atoms with van der Waals surface area (Å²) in [4.78, 5) is 29.4. The molecule has 34 nitrogen and oxygen atoms in total. The van der Waals surface area contributed by atoms with E-state index in [9.17, 15) is 107 Å². The molecule has 11 aliphatic rings. The van der Waals surface area contributed by atoms with Crippen LogP contribution in [0.1, 0.15) is 99.3 Å². The van der Waals surface area contributed by atoms with Gasteiger partial charge >= 0.3 is 11.9 Å². The van der Waals surface area contributed by atoms with Crippen LogP contribution in [0.2, 0.25) is 0 Å². The van der Waals surface area contributed by atoms with E-state index < -0.39 is 268 Å². The normalized spacial score (nSPS) is 54.1. The highest BCUT2D eigenvalue weighted by Gasteiger charge is 2.74. The van der Waals surface area contributed by atoms with Crippen molar-refractivity contribution in [1.82, 2.24) is 0 Å². The van der Waals surface area contributed by atoms with Crippen LogP contribution in [-0.2, 0) is 66.4 Å². The Morgan fingerprint density at radius 2 is 1.11 bits per heavy atom. The van der Waals surface area contributed by atoms with Gasteiger partial charge in [-0.3, -0.25) is 9.59 Å². The van der Waals surface area contributed by atoms with E-state index >= 15 is 4.79 Å². The van der Waals surface area contributed by atoms with E-state index in [0.29, 0.717) is 25.7 Å². The van der Waals surface area contributed by atoms with Gasteiger partial charge < -0.3 is 159 Å². The molecule has 6 heterocycles. The average Bonchev–Trinajstić information content (AvgIpc) is 1.18. The summed E-state index contributed by atoms with van der Waals surface area (Å²) in [5, 5.41) is 219. The number of aliphatic hydroxyl groups is 19. The average molecular weight is 1420 g/mol. The topological polar surface area (TPSA) is 550 Å². The molecule has 37 atom stereocenters. The van der Waals surface area contributed by atoms with Gasteiger partial charge in [0.1, 0.15) is 122 Å². The quantitative estimate of drug-likeness (QED) is 0.0344. The smallest absolute Gasteiger partial charge is 0.315 e. The monoisotopic (exact) mass is 1410 g/mol. The van der Waals surface area contributed by atoms with Gasteiger partial charge in [0, 0.05) is 5.41 Å². The van der Waals surface area contributed by atoms with Crippen LogP contribution in [0, 0.1) is 50.2 Å². The third kappa shape index (κ3) is 12.6. The van der Waals surface area contributed by atoms with Crippen LogP contribution in [-0.4, -0.2) is 338 Å². The Kier molecular flexibility index (Phi) is 22.2. The largest absolute Gasteiger partial charge is 0.481 e. The van der Waals surface area contributed by atoms with Crippen molar-refractivity contribution in [3.63, 3.8) is 0 Å². The van der Waals surface area contributed by atoms with Gasteiger partial charge in [-0.1, -0.05) is 39.3 Å². The van der Waals surface area contributed by atoms with E-state index in [1.165, 1.54) is 13.8 Å². The number of hydrogen-bond acceptors (Lipinski definition) is 33. The van der Waals surface area contributed by atoms with Gasteiger partial charge in [0.05, 0.1) is 69.3 Å². The number of hydrogen-bond donors (Lipinski definition) is 20. The van der Waals surface area contributed by atoms with Crippen LogP contribution < -0.4 is 0 Å². The van der Waals surface area contributed by atoms with Crippen LogP contribution in [0.4, 0.5) is 0 Å². The number of fused-ring (bicyclic) bond motifs is 7. The van der Waals surface area contributed by atoms with Crippen LogP contribution in [0.5, 0.6) is 0 Å². The Hall–Kier alpha value is -2.52. The molecule has 0 amide bonds. The van der Waals surface area contributed by atoms with Crippen LogP contribution in [0.25, 0.3) is 0 Å². The Morgan fingerprint density at radius 3 is 1.73 bits per heavy atom. The molecule has 0 aromatic rings. The second-order valence-electron chi connectivity index (χ2n) is 31.0. The highest BCUT2D eigenvalue weighted by atomic mass is 16.8. The minimum atomic E-state index is -2.25. The van der Waals surface area contributed by atoms with Crippen molar-refractivity contribution in [2.45, 2.75) is 277 Å². The number of allylic oxidation sites excluding steroid dienone is 1. The van der Waals surface area contributed by atoms with Crippen molar-refractivity contribution in [2.75, 3.05) is 46.2 Å². The Morgan fingerprint density at radius 1 is 0.561 bits per heavy atom. The van der Waals surface area contributed by atoms with E-state index in [0.717, 1.165) is 5.57 Å². The molecule has 6 saturated heterocycles. The molecular weight excluding hydrogens is 1310 g/mol. The van der Waals surface area contributed by atoms with Gasteiger partial charge in [-0.25, -0.2) is 0 Å². The fourth-order valence-corrected chi connectivity index (χ4v) is 19.0. The Labute approximate surface area is 564 Å². The summed E-state index contributed by atoms with van der Waals surface area (Å²) >= 11 is 0. The van der Waals surface area contributed by atoms with E-state index in [-0.39, 0.29) is 50.0 Å². The minimum absolute atomic E-state index is 0.00193. The number of aliphatic carboxylic acids is 1. The van der Waals surface area contributed by atoms with Gasteiger partial charge in [-0.05, 0) is 106 Å². The third-order valence-corrected chi connectivity index (χ3v) is 25.0. The molecule has 0 radical (unpaired) electrons.